The number of aryl methyl sites for hydroxylation is 2. The molecule has 0 aliphatic carbocycles. The highest BCUT2D eigenvalue weighted by Crippen LogP contribution is 2.08. The fraction of sp³-hybridized carbons (Fsp3) is 0.250. The molecular formula is C8H8F. The molecule has 47 valence electrons. The van der Waals surface area contributed by atoms with Crippen molar-refractivity contribution in [3.63, 3.8) is 0 Å². The van der Waals surface area contributed by atoms with Crippen molar-refractivity contribution in [3.8, 4) is 0 Å². The lowest BCUT2D eigenvalue weighted by atomic mass is 10.1. The Kier molecular flexibility index (Phi) is 1.52. The zero-order chi connectivity index (χ0) is 6.85. The van der Waals surface area contributed by atoms with E-state index in [1.165, 1.54) is 0 Å². The van der Waals surface area contributed by atoms with Crippen molar-refractivity contribution < 1.29 is 4.39 Å². The van der Waals surface area contributed by atoms with Crippen LogP contribution in [0, 0.1) is 25.7 Å². The van der Waals surface area contributed by atoms with Gasteiger partial charge in [0, 0.05) is 0 Å². The first kappa shape index (κ1) is 6.27. The summed E-state index contributed by atoms with van der Waals surface area (Å²) in [4.78, 5) is 0. The molecule has 0 saturated heterocycles. The number of hydrogen-bond acceptors (Lipinski definition) is 0. The molecule has 0 nitrogen and oxygen atoms in total. The van der Waals surface area contributed by atoms with Crippen LogP contribution in [0.15, 0.2) is 12.1 Å². The molecule has 0 heterocycles. The maximum atomic E-state index is 12.7. The van der Waals surface area contributed by atoms with Gasteiger partial charge in [0.25, 0.3) is 0 Å². The number of benzene rings is 1. The summed E-state index contributed by atoms with van der Waals surface area (Å²) in [5.41, 5.74) is 1.32. The Morgan fingerprint density at radius 1 is 1.22 bits per heavy atom. The second-order valence-corrected chi connectivity index (χ2v) is 2.14. The molecule has 0 fully saturated rings. The SMILES string of the molecule is Cc1c[c]cc(C)c1F. The molecule has 0 N–H and O–H groups in total. The Balaban J connectivity index is 3.25. The van der Waals surface area contributed by atoms with Crippen LogP contribution in [0.25, 0.3) is 0 Å². The minimum absolute atomic E-state index is 0.117. The average Bonchev–Trinajstić information content (AvgIpc) is 1.83. The first-order valence-electron chi connectivity index (χ1n) is 2.84. The molecule has 1 aromatic carbocycles. The van der Waals surface area contributed by atoms with E-state index < -0.39 is 0 Å². The van der Waals surface area contributed by atoms with Crippen molar-refractivity contribution in [1.82, 2.24) is 0 Å². The molecule has 1 aromatic rings. The minimum atomic E-state index is -0.117. The molecule has 9 heavy (non-hydrogen) atoms. The van der Waals surface area contributed by atoms with Crippen LogP contribution in [0.1, 0.15) is 11.1 Å². The van der Waals surface area contributed by atoms with E-state index in [1.54, 1.807) is 26.0 Å². The summed E-state index contributed by atoms with van der Waals surface area (Å²) >= 11 is 0. The molecule has 0 amide bonds. The Morgan fingerprint density at radius 3 is 2.00 bits per heavy atom. The van der Waals surface area contributed by atoms with E-state index in [9.17, 15) is 4.39 Å². The highest BCUT2D eigenvalue weighted by molar-refractivity contribution is 5.22. The monoisotopic (exact) mass is 123 g/mol. The molecule has 0 aliphatic rings. The molecule has 1 radical (unpaired) electrons. The lowest BCUT2D eigenvalue weighted by Crippen LogP contribution is -1.84. The number of halogens is 1. The first-order chi connectivity index (χ1) is 4.22. The predicted molar refractivity (Wildman–Crippen MR) is 34.7 cm³/mol. The van der Waals surface area contributed by atoms with Crippen LogP contribution in [-0.4, -0.2) is 0 Å². The maximum Gasteiger partial charge on any atom is 0.129 e. The minimum Gasteiger partial charge on any atom is -0.206 e. The third-order valence-electron chi connectivity index (χ3n) is 1.29. The summed E-state index contributed by atoms with van der Waals surface area (Å²) in [6.07, 6.45) is 0. The molecule has 0 spiro atoms. The number of rotatable bonds is 0. The van der Waals surface area contributed by atoms with Gasteiger partial charge >= 0.3 is 0 Å². The summed E-state index contributed by atoms with van der Waals surface area (Å²) in [5, 5.41) is 0. The Hall–Kier alpha value is -0.850. The summed E-state index contributed by atoms with van der Waals surface area (Å²) in [6, 6.07) is 6.11. The second-order valence-electron chi connectivity index (χ2n) is 2.14. The Bertz CT molecular complexity index is 196. The predicted octanol–water partition coefficient (Wildman–Crippen LogP) is 2.24. The summed E-state index contributed by atoms with van der Waals surface area (Å²) in [6.45, 7) is 3.47. The molecule has 1 heteroatoms. The molecule has 0 atom stereocenters. The zero-order valence-electron chi connectivity index (χ0n) is 5.53. The van der Waals surface area contributed by atoms with Gasteiger partial charge in [0.2, 0.25) is 0 Å². The third kappa shape index (κ3) is 1.10. The van der Waals surface area contributed by atoms with Crippen LogP contribution < -0.4 is 0 Å². The highest BCUT2D eigenvalue weighted by Gasteiger charge is 1.96. The molecule has 0 aliphatic heterocycles. The van der Waals surface area contributed by atoms with Gasteiger partial charge in [0.05, 0.1) is 0 Å². The fourth-order valence-electron chi connectivity index (χ4n) is 0.729. The van der Waals surface area contributed by atoms with Crippen molar-refractivity contribution in [2.24, 2.45) is 0 Å². The van der Waals surface area contributed by atoms with E-state index in [4.69, 9.17) is 0 Å². The van der Waals surface area contributed by atoms with Gasteiger partial charge in [-0.25, -0.2) is 4.39 Å². The maximum absolute atomic E-state index is 12.7. The summed E-state index contributed by atoms with van der Waals surface area (Å²) in [7, 11) is 0. The largest absolute Gasteiger partial charge is 0.206 e. The van der Waals surface area contributed by atoms with E-state index in [2.05, 4.69) is 6.07 Å². The van der Waals surface area contributed by atoms with Gasteiger partial charge in [-0.1, -0.05) is 0 Å². The molecule has 1 rings (SSSR count). The Morgan fingerprint density at radius 2 is 1.67 bits per heavy atom. The molecule has 0 unspecified atom stereocenters. The van der Waals surface area contributed by atoms with E-state index in [0.29, 0.717) is 11.1 Å². The molecule has 0 aromatic heterocycles. The van der Waals surface area contributed by atoms with Crippen LogP contribution in [0.4, 0.5) is 4.39 Å². The Labute approximate surface area is 54.3 Å². The van der Waals surface area contributed by atoms with Gasteiger partial charge in [-0.15, -0.1) is 0 Å². The molecular weight excluding hydrogens is 115 g/mol. The van der Waals surface area contributed by atoms with Gasteiger partial charge in [-0.2, -0.15) is 0 Å². The van der Waals surface area contributed by atoms with Crippen LogP contribution >= 0.6 is 0 Å². The standard InChI is InChI=1S/C8H8F/c1-6-4-3-5-7(2)8(6)9/h4-5H,1-2H3. The van der Waals surface area contributed by atoms with Gasteiger partial charge in [0.1, 0.15) is 5.82 Å². The summed E-state index contributed by atoms with van der Waals surface area (Å²) < 4.78 is 12.7. The van der Waals surface area contributed by atoms with E-state index in [0.717, 1.165) is 0 Å². The van der Waals surface area contributed by atoms with Gasteiger partial charge in [-0.05, 0) is 43.2 Å². The van der Waals surface area contributed by atoms with Crippen molar-refractivity contribution in [2.75, 3.05) is 0 Å². The van der Waals surface area contributed by atoms with Crippen LogP contribution in [0.5, 0.6) is 0 Å². The normalized spacial score (nSPS) is 9.67. The quantitative estimate of drug-likeness (QED) is 0.496. The van der Waals surface area contributed by atoms with Crippen LogP contribution in [0.2, 0.25) is 0 Å². The van der Waals surface area contributed by atoms with E-state index >= 15 is 0 Å². The van der Waals surface area contributed by atoms with Crippen molar-refractivity contribution in [1.29, 1.82) is 0 Å². The second kappa shape index (κ2) is 2.18. The first-order valence-corrected chi connectivity index (χ1v) is 2.84. The average molecular weight is 123 g/mol. The van der Waals surface area contributed by atoms with Crippen molar-refractivity contribution >= 4 is 0 Å². The third-order valence-corrected chi connectivity index (χ3v) is 1.29. The molecule has 0 bridgehead atoms. The molecule has 0 saturated carbocycles. The van der Waals surface area contributed by atoms with Gasteiger partial charge in [-0.3, -0.25) is 0 Å². The van der Waals surface area contributed by atoms with E-state index in [1.807, 2.05) is 0 Å². The van der Waals surface area contributed by atoms with Crippen molar-refractivity contribution in [2.45, 2.75) is 13.8 Å². The lowest BCUT2D eigenvalue weighted by molar-refractivity contribution is 0.609. The highest BCUT2D eigenvalue weighted by atomic mass is 19.1. The van der Waals surface area contributed by atoms with Gasteiger partial charge < -0.3 is 0 Å². The topological polar surface area (TPSA) is 0 Å². The van der Waals surface area contributed by atoms with Gasteiger partial charge in [0.15, 0.2) is 0 Å². The fourth-order valence-corrected chi connectivity index (χ4v) is 0.729. The van der Waals surface area contributed by atoms with Crippen molar-refractivity contribution in [3.05, 3.63) is 35.1 Å². The zero-order valence-corrected chi connectivity index (χ0v) is 5.53. The number of hydrogen-bond donors (Lipinski definition) is 0. The summed E-state index contributed by atoms with van der Waals surface area (Å²) in [5.74, 6) is -0.117. The van der Waals surface area contributed by atoms with E-state index in [-0.39, 0.29) is 5.82 Å². The smallest absolute Gasteiger partial charge is 0.129 e. The van der Waals surface area contributed by atoms with Crippen LogP contribution in [0.3, 0.4) is 0 Å². The lowest BCUT2D eigenvalue weighted by Gasteiger charge is -1.96. The van der Waals surface area contributed by atoms with Crippen LogP contribution in [-0.2, 0) is 0 Å².